The van der Waals surface area contributed by atoms with Crippen molar-refractivity contribution in [1.82, 2.24) is 10.2 Å². The van der Waals surface area contributed by atoms with Crippen LogP contribution < -0.4 is 5.32 Å². The Kier molecular flexibility index (Phi) is 3.29. The van der Waals surface area contributed by atoms with E-state index in [0.717, 1.165) is 31.2 Å². The largest absolute Gasteiger partial charge is 0.325 e. The van der Waals surface area contributed by atoms with Gasteiger partial charge in [0.1, 0.15) is 0 Å². The molecule has 1 saturated heterocycles. The number of hydrogen-bond acceptors (Lipinski definition) is 2. The van der Waals surface area contributed by atoms with Gasteiger partial charge in [-0.1, -0.05) is 38.5 Å². The fourth-order valence-corrected chi connectivity index (χ4v) is 4.77. The number of amides is 1. The molecule has 3 heteroatoms. The maximum absolute atomic E-state index is 13.0. The van der Waals surface area contributed by atoms with E-state index in [1.807, 2.05) is 0 Å². The summed E-state index contributed by atoms with van der Waals surface area (Å²) in [6.07, 6.45) is 14.4. The van der Waals surface area contributed by atoms with Gasteiger partial charge in [-0.15, -0.1) is 0 Å². The van der Waals surface area contributed by atoms with Crippen molar-refractivity contribution >= 4 is 5.91 Å². The van der Waals surface area contributed by atoms with Crippen LogP contribution in [-0.2, 0) is 4.79 Å². The van der Waals surface area contributed by atoms with Crippen molar-refractivity contribution in [3.63, 3.8) is 0 Å². The normalized spacial score (nSPS) is 33.7. The number of nitrogens with zero attached hydrogens (tertiary/aromatic N) is 1. The van der Waals surface area contributed by atoms with Gasteiger partial charge in [0.25, 0.3) is 0 Å². The maximum atomic E-state index is 13.0. The van der Waals surface area contributed by atoms with E-state index in [4.69, 9.17) is 0 Å². The summed E-state index contributed by atoms with van der Waals surface area (Å²) in [6.45, 7) is 1.01. The Morgan fingerprint density at radius 1 is 1.05 bits per heavy atom. The number of rotatable bonds is 4. The minimum absolute atomic E-state index is 0.156. The van der Waals surface area contributed by atoms with Crippen LogP contribution in [0.1, 0.15) is 70.6 Å². The first kappa shape index (κ1) is 13.1. The molecule has 1 amide bonds. The molecule has 3 saturated carbocycles. The minimum atomic E-state index is -0.156. The second-order valence-electron chi connectivity index (χ2n) is 7.65. The first-order valence-corrected chi connectivity index (χ1v) is 8.87. The Balaban J connectivity index is 1.52. The molecule has 4 fully saturated rings. The van der Waals surface area contributed by atoms with Crippen LogP contribution >= 0.6 is 0 Å². The van der Waals surface area contributed by atoms with Crippen LogP contribution in [0.3, 0.4) is 0 Å². The zero-order valence-electron chi connectivity index (χ0n) is 12.6. The fourth-order valence-electron chi connectivity index (χ4n) is 4.77. The molecule has 3 aliphatic carbocycles. The summed E-state index contributed by atoms with van der Waals surface area (Å²) in [4.78, 5) is 15.3. The molecule has 1 spiro atoms. The van der Waals surface area contributed by atoms with Crippen molar-refractivity contribution < 1.29 is 4.79 Å². The van der Waals surface area contributed by atoms with Gasteiger partial charge in [0.05, 0.1) is 11.7 Å². The molecule has 0 aromatic heterocycles. The summed E-state index contributed by atoms with van der Waals surface area (Å²) >= 11 is 0. The molecule has 112 valence electrons. The van der Waals surface area contributed by atoms with Crippen LogP contribution in [0.4, 0.5) is 0 Å². The fraction of sp³-hybridized carbons (Fsp3) is 0.941. The summed E-state index contributed by atoms with van der Waals surface area (Å²) in [5.74, 6) is 2.10. The third kappa shape index (κ3) is 2.18. The topological polar surface area (TPSA) is 32.3 Å². The van der Waals surface area contributed by atoms with Gasteiger partial charge < -0.3 is 4.90 Å². The maximum Gasteiger partial charge on any atom is 0.244 e. The van der Waals surface area contributed by atoms with Gasteiger partial charge in [-0.25, -0.2) is 0 Å². The second kappa shape index (κ2) is 5.01. The average Bonchev–Trinajstić information content (AvgIpc) is 2.91. The molecule has 1 heterocycles. The highest BCUT2D eigenvalue weighted by Crippen LogP contribution is 2.42. The molecule has 1 atom stereocenters. The molecule has 0 aromatic carbocycles. The van der Waals surface area contributed by atoms with E-state index in [-0.39, 0.29) is 5.54 Å². The molecular weight excluding hydrogens is 248 g/mol. The van der Waals surface area contributed by atoms with Crippen LogP contribution in [-0.4, -0.2) is 29.1 Å². The molecule has 20 heavy (non-hydrogen) atoms. The third-order valence-electron chi connectivity index (χ3n) is 6.21. The van der Waals surface area contributed by atoms with Crippen LogP contribution in [0.5, 0.6) is 0 Å². The van der Waals surface area contributed by atoms with Gasteiger partial charge in [-0.3, -0.25) is 10.1 Å². The quantitative estimate of drug-likeness (QED) is 0.856. The third-order valence-corrected chi connectivity index (χ3v) is 6.21. The SMILES string of the molecule is O=C1N(CCC2CC2)C(C2CCCC2)NC12CCCC2. The van der Waals surface area contributed by atoms with Gasteiger partial charge in [0, 0.05) is 6.54 Å². The highest BCUT2D eigenvalue weighted by molar-refractivity contribution is 5.89. The summed E-state index contributed by atoms with van der Waals surface area (Å²) < 4.78 is 0. The first-order chi connectivity index (χ1) is 9.78. The van der Waals surface area contributed by atoms with E-state index in [9.17, 15) is 4.79 Å². The van der Waals surface area contributed by atoms with E-state index in [0.29, 0.717) is 12.1 Å². The van der Waals surface area contributed by atoms with Crippen molar-refractivity contribution in [2.45, 2.75) is 82.3 Å². The van der Waals surface area contributed by atoms with E-state index >= 15 is 0 Å². The van der Waals surface area contributed by atoms with Gasteiger partial charge >= 0.3 is 0 Å². The number of nitrogens with one attached hydrogen (secondary N) is 1. The molecule has 3 nitrogen and oxygen atoms in total. The molecule has 0 aromatic rings. The molecule has 1 N–H and O–H groups in total. The van der Waals surface area contributed by atoms with Crippen LogP contribution in [0, 0.1) is 11.8 Å². The van der Waals surface area contributed by atoms with Crippen molar-refractivity contribution in [2.75, 3.05) is 6.54 Å². The molecule has 1 unspecified atom stereocenters. The lowest BCUT2D eigenvalue weighted by atomic mass is 9.97. The number of carbonyl (C=O) groups excluding carboxylic acids is 1. The molecule has 4 aliphatic rings. The molecule has 1 aliphatic heterocycles. The monoisotopic (exact) mass is 276 g/mol. The lowest BCUT2D eigenvalue weighted by molar-refractivity contribution is -0.133. The van der Waals surface area contributed by atoms with Crippen LogP contribution in [0.15, 0.2) is 0 Å². The van der Waals surface area contributed by atoms with Gasteiger partial charge in [0.2, 0.25) is 5.91 Å². The van der Waals surface area contributed by atoms with Crippen LogP contribution in [0.25, 0.3) is 0 Å². The average molecular weight is 276 g/mol. The Bertz CT molecular complexity index is 378. The predicted molar refractivity (Wildman–Crippen MR) is 79.1 cm³/mol. The highest BCUT2D eigenvalue weighted by atomic mass is 16.2. The Morgan fingerprint density at radius 2 is 1.75 bits per heavy atom. The van der Waals surface area contributed by atoms with E-state index < -0.39 is 0 Å². The lowest BCUT2D eigenvalue weighted by Gasteiger charge is -2.29. The van der Waals surface area contributed by atoms with Crippen molar-refractivity contribution in [3.8, 4) is 0 Å². The number of carbonyl (C=O) groups is 1. The standard InChI is InChI=1S/C17H28N2O/c20-16-17(10-3-4-11-17)18-15(14-5-1-2-6-14)19(16)12-9-13-7-8-13/h13-15,18H,1-12H2. The molecule has 0 radical (unpaired) electrons. The summed E-state index contributed by atoms with van der Waals surface area (Å²) in [5, 5.41) is 3.83. The number of hydrogen-bond donors (Lipinski definition) is 1. The smallest absolute Gasteiger partial charge is 0.244 e. The van der Waals surface area contributed by atoms with E-state index in [1.54, 1.807) is 0 Å². The van der Waals surface area contributed by atoms with Gasteiger partial charge in [-0.05, 0) is 43.9 Å². The zero-order chi connectivity index (χ0) is 13.6. The lowest BCUT2D eigenvalue weighted by Crippen LogP contribution is -2.46. The van der Waals surface area contributed by atoms with Gasteiger partial charge in [0.15, 0.2) is 0 Å². The Morgan fingerprint density at radius 3 is 2.40 bits per heavy atom. The van der Waals surface area contributed by atoms with E-state index in [1.165, 1.54) is 57.8 Å². The van der Waals surface area contributed by atoms with Crippen molar-refractivity contribution in [1.29, 1.82) is 0 Å². The zero-order valence-corrected chi connectivity index (χ0v) is 12.6. The predicted octanol–water partition coefficient (Wildman–Crippen LogP) is 3.05. The van der Waals surface area contributed by atoms with Crippen molar-refractivity contribution in [2.24, 2.45) is 11.8 Å². The van der Waals surface area contributed by atoms with Crippen LogP contribution in [0.2, 0.25) is 0 Å². The summed E-state index contributed by atoms with van der Waals surface area (Å²) in [5.41, 5.74) is -0.156. The highest BCUT2D eigenvalue weighted by Gasteiger charge is 2.54. The van der Waals surface area contributed by atoms with Crippen molar-refractivity contribution in [3.05, 3.63) is 0 Å². The Labute approximate surface area is 122 Å². The summed E-state index contributed by atoms with van der Waals surface area (Å²) in [7, 11) is 0. The van der Waals surface area contributed by atoms with E-state index in [2.05, 4.69) is 10.2 Å². The Hall–Kier alpha value is -0.570. The minimum Gasteiger partial charge on any atom is -0.325 e. The van der Waals surface area contributed by atoms with Gasteiger partial charge in [-0.2, -0.15) is 0 Å². The first-order valence-electron chi connectivity index (χ1n) is 8.87. The molecule has 0 bridgehead atoms. The second-order valence-corrected chi connectivity index (χ2v) is 7.65. The molecular formula is C17H28N2O. The molecule has 4 rings (SSSR count). The summed E-state index contributed by atoms with van der Waals surface area (Å²) in [6, 6.07) is 0.